The molecule has 4 nitrogen and oxygen atoms in total. The minimum absolute atomic E-state index is 0.0450. The molecule has 2 atom stereocenters. The molecular formula is C14H21ClN2O2. The molecule has 2 N–H and O–H groups in total. The lowest BCUT2D eigenvalue weighted by Crippen LogP contribution is -2.41. The fourth-order valence-corrected chi connectivity index (χ4v) is 1.73. The molecular weight excluding hydrogens is 264 g/mol. The number of hydrogen-bond donors (Lipinski definition) is 2. The highest BCUT2D eigenvalue weighted by Crippen LogP contribution is 2.28. The van der Waals surface area contributed by atoms with Gasteiger partial charge in [-0.05, 0) is 38.5 Å². The van der Waals surface area contributed by atoms with Gasteiger partial charge in [-0.25, -0.2) is 0 Å². The van der Waals surface area contributed by atoms with Gasteiger partial charge in [-0.3, -0.25) is 4.79 Å². The van der Waals surface area contributed by atoms with Crippen molar-refractivity contribution in [2.24, 2.45) is 0 Å². The molecule has 0 aliphatic carbocycles. The van der Waals surface area contributed by atoms with Crippen LogP contribution in [0.1, 0.15) is 27.2 Å². The Morgan fingerprint density at radius 1 is 1.42 bits per heavy atom. The summed E-state index contributed by atoms with van der Waals surface area (Å²) in [7, 11) is 1.58. The van der Waals surface area contributed by atoms with Crippen LogP contribution < -0.4 is 15.4 Å². The average molecular weight is 285 g/mol. The van der Waals surface area contributed by atoms with Crippen LogP contribution in [-0.4, -0.2) is 25.1 Å². The predicted molar refractivity (Wildman–Crippen MR) is 79.0 cm³/mol. The summed E-state index contributed by atoms with van der Waals surface area (Å²) in [6.45, 7) is 5.81. The van der Waals surface area contributed by atoms with Crippen LogP contribution in [0.3, 0.4) is 0 Å². The Balaban J connectivity index is 2.73. The van der Waals surface area contributed by atoms with Crippen molar-refractivity contribution in [2.75, 3.05) is 12.4 Å². The quantitative estimate of drug-likeness (QED) is 0.844. The van der Waals surface area contributed by atoms with Crippen molar-refractivity contribution in [2.45, 2.75) is 39.3 Å². The van der Waals surface area contributed by atoms with E-state index in [0.717, 1.165) is 6.42 Å². The van der Waals surface area contributed by atoms with Gasteiger partial charge in [-0.1, -0.05) is 18.5 Å². The number of ether oxygens (including phenoxy) is 1. The summed E-state index contributed by atoms with van der Waals surface area (Å²) in [5, 5.41) is 6.63. The zero-order valence-electron chi connectivity index (χ0n) is 11.8. The number of halogens is 1. The normalized spacial score (nSPS) is 13.5. The fourth-order valence-electron chi connectivity index (χ4n) is 1.56. The van der Waals surface area contributed by atoms with E-state index in [4.69, 9.17) is 16.3 Å². The number of anilines is 1. The van der Waals surface area contributed by atoms with E-state index in [1.807, 2.05) is 13.8 Å². The number of carbonyl (C=O) groups is 1. The Kier molecular flexibility index (Phi) is 5.96. The van der Waals surface area contributed by atoms with Gasteiger partial charge < -0.3 is 15.4 Å². The molecule has 1 rings (SSSR count). The van der Waals surface area contributed by atoms with Crippen LogP contribution >= 0.6 is 11.6 Å². The van der Waals surface area contributed by atoms with Gasteiger partial charge in [-0.2, -0.15) is 0 Å². The standard InChI is InChI=1S/C14H21ClN2O2/c1-5-9(2)16-14(18)10(3)17-12-8-11(15)6-7-13(12)19-4/h6-10,17H,5H2,1-4H3,(H,16,18). The molecule has 1 amide bonds. The second kappa shape index (κ2) is 7.24. The summed E-state index contributed by atoms with van der Waals surface area (Å²) in [4.78, 5) is 12.0. The van der Waals surface area contributed by atoms with Crippen molar-refractivity contribution in [3.63, 3.8) is 0 Å². The molecule has 0 bridgehead atoms. The Morgan fingerprint density at radius 2 is 2.11 bits per heavy atom. The molecule has 106 valence electrons. The smallest absolute Gasteiger partial charge is 0.242 e. The first kappa shape index (κ1) is 15.6. The van der Waals surface area contributed by atoms with Crippen LogP contribution in [0.5, 0.6) is 5.75 Å². The highest BCUT2D eigenvalue weighted by molar-refractivity contribution is 6.30. The molecule has 0 saturated carbocycles. The molecule has 2 unspecified atom stereocenters. The summed E-state index contributed by atoms with van der Waals surface area (Å²) in [5.74, 6) is 0.615. The molecule has 0 fully saturated rings. The molecule has 0 aliphatic rings. The van der Waals surface area contributed by atoms with Crippen LogP contribution in [0.4, 0.5) is 5.69 Å². The maximum atomic E-state index is 12.0. The molecule has 0 aliphatic heterocycles. The molecule has 1 aromatic carbocycles. The third kappa shape index (κ3) is 4.63. The number of hydrogen-bond acceptors (Lipinski definition) is 3. The number of carbonyl (C=O) groups excluding carboxylic acids is 1. The lowest BCUT2D eigenvalue weighted by Gasteiger charge is -2.19. The van der Waals surface area contributed by atoms with E-state index in [2.05, 4.69) is 10.6 Å². The second-order valence-electron chi connectivity index (χ2n) is 4.53. The van der Waals surface area contributed by atoms with Gasteiger partial charge in [-0.15, -0.1) is 0 Å². The summed E-state index contributed by atoms with van der Waals surface area (Å²) in [6.07, 6.45) is 0.902. The molecule has 5 heteroatoms. The van der Waals surface area contributed by atoms with Gasteiger partial charge in [0, 0.05) is 11.1 Å². The SMILES string of the molecule is CCC(C)NC(=O)C(C)Nc1cc(Cl)ccc1OC. The Bertz CT molecular complexity index is 437. The average Bonchev–Trinajstić information content (AvgIpc) is 2.38. The van der Waals surface area contributed by atoms with E-state index in [1.54, 1.807) is 32.2 Å². The molecule has 1 aromatic rings. The van der Waals surface area contributed by atoms with E-state index in [9.17, 15) is 4.79 Å². The number of nitrogens with one attached hydrogen (secondary N) is 2. The van der Waals surface area contributed by atoms with E-state index >= 15 is 0 Å². The van der Waals surface area contributed by atoms with E-state index in [0.29, 0.717) is 16.5 Å². The van der Waals surface area contributed by atoms with Crippen molar-refractivity contribution in [1.29, 1.82) is 0 Å². The molecule has 0 heterocycles. The number of benzene rings is 1. The summed E-state index contributed by atoms with van der Waals surface area (Å²) in [5.41, 5.74) is 0.710. The maximum absolute atomic E-state index is 12.0. The molecule has 0 radical (unpaired) electrons. The van der Waals surface area contributed by atoms with Gasteiger partial charge in [0.2, 0.25) is 5.91 Å². The zero-order valence-corrected chi connectivity index (χ0v) is 12.5. The van der Waals surface area contributed by atoms with E-state index < -0.39 is 0 Å². The van der Waals surface area contributed by atoms with Crippen molar-refractivity contribution < 1.29 is 9.53 Å². The zero-order chi connectivity index (χ0) is 14.4. The molecule has 0 saturated heterocycles. The largest absolute Gasteiger partial charge is 0.495 e. The Morgan fingerprint density at radius 3 is 2.68 bits per heavy atom. The molecule has 0 aromatic heterocycles. The van der Waals surface area contributed by atoms with Gasteiger partial charge in [0.05, 0.1) is 12.8 Å². The van der Waals surface area contributed by atoms with Crippen LogP contribution in [0, 0.1) is 0 Å². The third-order valence-electron chi connectivity index (χ3n) is 2.93. The maximum Gasteiger partial charge on any atom is 0.242 e. The van der Waals surface area contributed by atoms with Crippen molar-refractivity contribution in [3.8, 4) is 5.75 Å². The van der Waals surface area contributed by atoms with Crippen LogP contribution in [0.15, 0.2) is 18.2 Å². The summed E-state index contributed by atoms with van der Waals surface area (Å²) < 4.78 is 5.23. The highest BCUT2D eigenvalue weighted by atomic mass is 35.5. The minimum Gasteiger partial charge on any atom is -0.495 e. The second-order valence-corrected chi connectivity index (χ2v) is 4.96. The minimum atomic E-state index is -0.360. The number of amides is 1. The predicted octanol–water partition coefficient (Wildman–Crippen LogP) is 3.06. The van der Waals surface area contributed by atoms with Gasteiger partial charge in [0.25, 0.3) is 0 Å². The lowest BCUT2D eigenvalue weighted by molar-refractivity contribution is -0.122. The van der Waals surface area contributed by atoms with E-state index in [-0.39, 0.29) is 18.0 Å². The monoisotopic (exact) mass is 284 g/mol. The third-order valence-corrected chi connectivity index (χ3v) is 3.16. The van der Waals surface area contributed by atoms with E-state index in [1.165, 1.54) is 0 Å². The Labute approximate surface area is 119 Å². The van der Waals surface area contributed by atoms with Crippen LogP contribution in [-0.2, 0) is 4.79 Å². The van der Waals surface area contributed by atoms with Crippen LogP contribution in [0.2, 0.25) is 5.02 Å². The number of rotatable bonds is 6. The van der Waals surface area contributed by atoms with Crippen molar-refractivity contribution in [3.05, 3.63) is 23.2 Å². The van der Waals surface area contributed by atoms with Gasteiger partial charge in [0.1, 0.15) is 11.8 Å². The summed E-state index contributed by atoms with van der Waals surface area (Å²) >= 11 is 5.95. The highest BCUT2D eigenvalue weighted by Gasteiger charge is 2.16. The van der Waals surface area contributed by atoms with Crippen molar-refractivity contribution in [1.82, 2.24) is 5.32 Å². The van der Waals surface area contributed by atoms with Gasteiger partial charge >= 0.3 is 0 Å². The molecule has 0 spiro atoms. The first-order valence-electron chi connectivity index (χ1n) is 6.38. The van der Waals surface area contributed by atoms with Crippen LogP contribution in [0.25, 0.3) is 0 Å². The van der Waals surface area contributed by atoms with Gasteiger partial charge in [0.15, 0.2) is 0 Å². The summed E-state index contributed by atoms with van der Waals surface area (Å²) in [6, 6.07) is 5.06. The first-order valence-corrected chi connectivity index (χ1v) is 6.76. The lowest BCUT2D eigenvalue weighted by atomic mass is 10.2. The fraction of sp³-hybridized carbons (Fsp3) is 0.500. The molecule has 19 heavy (non-hydrogen) atoms. The first-order chi connectivity index (χ1) is 8.97. The Hall–Kier alpha value is -1.42. The number of methoxy groups -OCH3 is 1. The van der Waals surface area contributed by atoms with Crippen molar-refractivity contribution >= 4 is 23.2 Å². The topological polar surface area (TPSA) is 50.4 Å².